The minimum atomic E-state index is -2.62. The fourth-order valence-corrected chi connectivity index (χ4v) is 1.94. The summed E-state index contributed by atoms with van der Waals surface area (Å²) in [4.78, 5) is 86.8. The topological polar surface area (TPSA) is 486 Å². The molecular weight excluding hydrogens is 855 g/mol. The molecule has 0 saturated heterocycles. The van der Waals surface area contributed by atoms with Gasteiger partial charge in [-0.15, -0.1) is 0 Å². The summed E-state index contributed by atoms with van der Waals surface area (Å²) < 4.78 is 0. The van der Waals surface area contributed by atoms with Crippen LogP contribution in [-0.2, 0) is 16.5 Å². The van der Waals surface area contributed by atoms with E-state index in [9.17, 15) is 0 Å². The number of hydrogen-bond acceptors (Lipinski definition) is 24. The quantitative estimate of drug-likeness (QED) is 0.0506. The molecule has 0 amide bonds. The Morgan fingerprint density at radius 3 is 0.302 bits per heavy atom. The van der Waals surface area contributed by atoms with Gasteiger partial charge in [0, 0.05) is 38.2 Å². The molecule has 0 aliphatic heterocycles. The molecule has 0 spiro atoms. The van der Waals surface area contributed by atoms with Crippen molar-refractivity contribution in [1.29, 1.82) is 0 Å². The van der Waals surface area contributed by atoms with Crippen LogP contribution in [0.3, 0.4) is 0 Å². The zero-order chi connectivity index (χ0) is 43.6. The van der Waals surface area contributed by atoms with Crippen LogP contribution in [0.5, 0.6) is 0 Å². The summed E-state index contributed by atoms with van der Waals surface area (Å²) >= 11 is 0. The monoisotopic (exact) mass is 922 g/mol. The van der Waals surface area contributed by atoms with Crippen molar-refractivity contribution < 1.29 is 136 Å². The Balaban J connectivity index is -0.0000000611. The zero-order valence-corrected chi connectivity index (χ0v) is 34.7. The first-order valence-electron chi connectivity index (χ1n) is 14.7. The molecule has 0 rings (SSSR count). The Hall–Kier alpha value is 1.25. The van der Waals surface area contributed by atoms with Gasteiger partial charge in [-0.05, 0) is 25.7 Å². The minimum Gasteiger partial charge on any atom is -0.396 e. The van der Waals surface area contributed by atoms with Crippen molar-refractivity contribution in [2.45, 2.75) is 53.4 Å². The molecule has 24 N–H and O–H groups in total. The Bertz CT molecular complexity index is 451. The first-order chi connectivity index (χ1) is 23.9. The number of rotatable bonds is 16. The van der Waals surface area contributed by atoms with Crippen molar-refractivity contribution in [3.63, 3.8) is 0 Å². The number of hydrogen-bond donors (Lipinski definition) is 24. The maximum atomic E-state index is 8.66. The van der Waals surface area contributed by atoms with Crippen LogP contribution in [0.1, 0.15) is 53.4 Å². The number of aliphatic hydroxyl groups excluding tert-OH is 12. The molecule has 0 aliphatic rings. The van der Waals surface area contributed by atoms with E-state index in [2.05, 4.69) is 0 Å². The second-order valence-corrected chi connectivity index (χ2v) is 12.5. The largest absolute Gasteiger partial charge is 0.396 e. The van der Waals surface area contributed by atoms with Gasteiger partial charge in [-0.3, -0.25) is 0 Å². The van der Waals surface area contributed by atoms with Gasteiger partial charge < -0.3 is 120 Å². The molecule has 0 unspecified atom stereocenters. The molecule has 0 saturated carbocycles. The minimum absolute atomic E-state index is 0. The first kappa shape index (κ1) is 75.1. The van der Waals surface area contributed by atoms with Gasteiger partial charge in [0.05, 0.1) is 79.3 Å². The summed E-state index contributed by atoms with van der Waals surface area (Å²) in [6.07, 6.45) is 2.38. The van der Waals surface area contributed by atoms with Crippen LogP contribution in [0.25, 0.3) is 0 Å². The summed E-state index contributed by atoms with van der Waals surface area (Å²) in [5.41, 5.74) is -2.67. The Morgan fingerprint density at radius 1 is 0.245 bits per heavy atom. The van der Waals surface area contributed by atoms with Crippen molar-refractivity contribution in [3.8, 4) is 0 Å². The molecule has 0 fully saturated rings. The summed E-state index contributed by atoms with van der Waals surface area (Å²) in [6, 6.07) is 0. The molecule has 0 aromatic rings. The molecule has 0 atom stereocenters. The van der Waals surface area contributed by atoms with Crippen LogP contribution in [0.15, 0.2) is 0 Å². The second-order valence-electron chi connectivity index (χ2n) is 10.4. The van der Waals surface area contributed by atoms with E-state index in [0.717, 1.165) is 0 Å². The van der Waals surface area contributed by atoms with E-state index in [1.165, 1.54) is 0 Å². The third-order valence-electron chi connectivity index (χ3n) is 7.02. The van der Waals surface area contributed by atoms with Gasteiger partial charge in [-0.1, -0.05) is 27.7 Å². The number of aliphatic hydroxyl groups is 12. The van der Waals surface area contributed by atoms with Gasteiger partial charge in [-0.25, -0.2) is 0 Å². The van der Waals surface area contributed by atoms with Gasteiger partial charge >= 0.3 is 34.4 Å². The molecule has 29 heteroatoms. The summed E-state index contributed by atoms with van der Waals surface area (Å²) in [5, 5.41) is 104. The standard InChI is InChI=1S/4C6H14O3.Ni.4H3O3P/c4*1-2-6(3-7,4-8)5-9;;4*1-4(2)3/h4*7-9H,2-5H2,1H3;;4*1-3H. The molecule has 24 nitrogen and oxygen atoms in total. The Kier molecular flexibility index (Phi) is 72.7. The molecule has 0 bridgehead atoms. The SMILES string of the molecule is CCC(CO)(CO)CO.CCC(CO)(CO)CO.CCC(CO)(CO)CO.CCC(CO)(CO)CO.OP(O)O.OP(O)O.OP(O)O.OP(O)O.[Ni]. The summed E-state index contributed by atoms with van der Waals surface area (Å²) in [7, 11) is -10.5. The molecular formula is C24H68NiO24P4. The van der Waals surface area contributed by atoms with Gasteiger partial charge in [0.2, 0.25) is 0 Å². The molecule has 338 valence electrons. The van der Waals surface area contributed by atoms with Crippen LogP contribution < -0.4 is 0 Å². The van der Waals surface area contributed by atoms with E-state index in [-0.39, 0.29) is 95.8 Å². The maximum absolute atomic E-state index is 8.66. The van der Waals surface area contributed by atoms with Crippen molar-refractivity contribution in [1.82, 2.24) is 0 Å². The van der Waals surface area contributed by atoms with Crippen LogP contribution in [0.4, 0.5) is 0 Å². The molecule has 0 radical (unpaired) electrons. The van der Waals surface area contributed by atoms with Crippen molar-refractivity contribution >= 4 is 34.4 Å². The first-order valence-corrected chi connectivity index (χ1v) is 19.5. The zero-order valence-electron chi connectivity index (χ0n) is 30.2. The molecule has 0 heterocycles. The van der Waals surface area contributed by atoms with E-state index in [1.54, 1.807) is 0 Å². The van der Waals surface area contributed by atoms with E-state index in [0.29, 0.717) is 25.7 Å². The van der Waals surface area contributed by atoms with Crippen LogP contribution >= 0.6 is 34.4 Å². The second kappa shape index (κ2) is 51.3. The molecule has 0 aromatic carbocycles. The van der Waals surface area contributed by atoms with Crippen molar-refractivity contribution in [3.05, 3.63) is 0 Å². The Labute approximate surface area is 324 Å². The Morgan fingerprint density at radius 2 is 0.302 bits per heavy atom. The van der Waals surface area contributed by atoms with Crippen LogP contribution in [0.2, 0.25) is 0 Å². The third-order valence-corrected chi connectivity index (χ3v) is 7.02. The molecule has 0 aromatic heterocycles. The van der Waals surface area contributed by atoms with Crippen LogP contribution in [-0.4, -0.2) is 199 Å². The average Bonchev–Trinajstić information content (AvgIpc) is 3.10. The smallest absolute Gasteiger partial charge is 0.324 e. The van der Waals surface area contributed by atoms with Gasteiger partial charge in [0.1, 0.15) is 0 Å². The van der Waals surface area contributed by atoms with Crippen LogP contribution in [0, 0.1) is 21.7 Å². The fourth-order valence-electron chi connectivity index (χ4n) is 1.94. The van der Waals surface area contributed by atoms with Gasteiger partial charge in [0.25, 0.3) is 0 Å². The van der Waals surface area contributed by atoms with E-state index < -0.39 is 56.1 Å². The van der Waals surface area contributed by atoms with E-state index in [1.807, 2.05) is 27.7 Å². The van der Waals surface area contributed by atoms with Crippen molar-refractivity contribution in [2.24, 2.45) is 21.7 Å². The fraction of sp³-hybridized carbons (Fsp3) is 1.00. The average molecular weight is 923 g/mol. The normalized spacial score (nSPS) is 10.9. The third kappa shape index (κ3) is 57.7. The predicted molar refractivity (Wildman–Crippen MR) is 190 cm³/mol. The molecule has 0 aliphatic carbocycles. The summed E-state index contributed by atoms with van der Waals surface area (Å²) in [6.45, 7) is 5.41. The summed E-state index contributed by atoms with van der Waals surface area (Å²) in [5.74, 6) is 0. The predicted octanol–water partition coefficient (Wildman–Crippen LogP) is -5.80. The maximum Gasteiger partial charge on any atom is 0.324 e. The van der Waals surface area contributed by atoms with E-state index in [4.69, 9.17) is 120 Å². The van der Waals surface area contributed by atoms with Gasteiger partial charge in [-0.2, -0.15) is 0 Å². The van der Waals surface area contributed by atoms with Crippen molar-refractivity contribution in [2.75, 3.05) is 79.3 Å². The van der Waals surface area contributed by atoms with Gasteiger partial charge in [0.15, 0.2) is 0 Å². The molecule has 53 heavy (non-hydrogen) atoms. The van der Waals surface area contributed by atoms with E-state index >= 15 is 0 Å².